The topological polar surface area (TPSA) is 105 Å². The molecule has 0 bridgehead atoms. The van der Waals surface area contributed by atoms with E-state index in [4.69, 9.17) is 5.10 Å². The molecule has 1 aliphatic heterocycles. The molecule has 2 aromatic heterocycles. The molecule has 1 amide bonds. The molecule has 0 saturated heterocycles. The fraction of sp³-hybridized carbons (Fsp3) is 0.385. The van der Waals surface area contributed by atoms with Crippen LogP contribution in [0.2, 0.25) is 0 Å². The maximum atomic E-state index is 13.3. The van der Waals surface area contributed by atoms with Crippen molar-refractivity contribution >= 4 is 51.4 Å². The lowest BCUT2D eigenvalue weighted by atomic mass is 9.86. The zero-order valence-electron chi connectivity index (χ0n) is 21.2. The number of benzene rings is 2. The van der Waals surface area contributed by atoms with Crippen LogP contribution in [-0.2, 0) is 30.5 Å². The molecule has 2 aliphatic rings. The van der Waals surface area contributed by atoms with Gasteiger partial charge >= 0.3 is 0 Å². The van der Waals surface area contributed by atoms with E-state index in [1.807, 2.05) is 45.6 Å². The zero-order valence-corrected chi connectivity index (χ0v) is 23.7. The first-order valence-electron chi connectivity index (χ1n) is 12.6. The molecule has 2 aromatic carbocycles. The van der Waals surface area contributed by atoms with Gasteiger partial charge < -0.3 is 10.6 Å². The van der Waals surface area contributed by atoms with E-state index in [-0.39, 0.29) is 11.9 Å². The first-order chi connectivity index (χ1) is 18.5. The van der Waals surface area contributed by atoms with E-state index in [9.17, 15) is 9.00 Å². The Morgan fingerprint density at radius 2 is 2.03 bits per heavy atom. The summed E-state index contributed by atoms with van der Waals surface area (Å²) < 4.78 is 25.8. The average Bonchev–Trinajstić information content (AvgIpc) is 3.55. The Hall–Kier alpha value is -2.64. The summed E-state index contributed by atoms with van der Waals surface area (Å²) in [5.41, 5.74) is 5.54. The molecule has 6 rings (SSSR count). The third-order valence-electron chi connectivity index (χ3n) is 7.32. The minimum absolute atomic E-state index is 0.109. The number of hydrogen-bond donors (Lipinski definition) is 2. The summed E-state index contributed by atoms with van der Waals surface area (Å²) in [5.74, 6) is -0.109. The lowest BCUT2D eigenvalue weighted by molar-refractivity contribution is 0.0939. The number of nitrogens with zero attached hydrogens (tertiary/aromatic N) is 5. The summed E-state index contributed by atoms with van der Waals surface area (Å²) in [7, 11) is 0.384. The number of carbonyl (C=O) groups is 1. The second kappa shape index (κ2) is 10.9. The largest absolute Gasteiger partial charge is 0.354 e. The van der Waals surface area contributed by atoms with Crippen LogP contribution in [0.3, 0.4) is 0 Å². The van der Waals surface area contributed by atoms with Gasteiger partial charge in [0.15, 0.2) is 0 Å². The number of aromatic nitrogens is 4. The molecule has 2 N–H and O–H groups in total. The van der Waals surface area contributed by atoms with E-state index in [0.717, 1.165) is 51.5 Å². The third kappa shape index (κ3) is 4.91. The highest BCUT2D eigenvalue weighted by Gasteiger charge is 2.37. The van der Waals surface area contributed by atoms with Crippen molar-refractivity contribution < 1.29 is 9.00 Å². The molecule has 0 spiro atoms. The maximum Gasteiger partial charge on any atom is 0.269 e. The van der Waals surface area contributed by atoms with Crippen molar-refractivity contribution in [3.8, 4) is 0 Å². The predicted molar refractivity (Wildman–Crippen MR) is 151 cm³/mol. The summed E-state index contributed by atoms with van der Waals surface area (Å²) in [6.45, 7) is 1.85. The first-order valence-corrected chi connectivity index (χ1v) is 15.7. The van der Waals surface area contributed by atoms with Crippen molar-refractivity contribution in [2.24, 2.45) is 0 Å². The minimum Gasteiger partial charge on any atom is -0.354 e. The molecule has 198 valence electrons. The lowest BCUT2D eigenvalue weighted by Gasteiger charge is -2.37. The number of amides is 1. The van der Waals surface area contributed by atoms with E-state index in [2.05, 4.69) is 31.5 Å². The highest BCUT2D eigenvalue weighted by molar-refractivity contribution is 7.98. The Balaban J connectivity index is 1.14. The number of rotatable bonds is 8. The summed E-state index contributed by atoms with van der Waals surface area (Å²) in [6, 6.07) is 14.6. The lowest BCUT2D eigenvalue weighted by Crippen LogP contribution is -2.43. The van der Waals surface area contributed by atoms with Crippen molar-refractivity contribution in [2.75, 3.05) is 19.8 Å². The second-order valence-electron chi connectivity index (χ2n) is 9.63. The Labute approximate surface area is 232 Å². The zero-order chi connectivity index (χ0) is 26.2. The normalized spacial score (nSPS) is 20.2. The molecular weight excluding hydrogens is 539 g/mol. The Bertz CT molecular complexity index is 1510. The Kier molecular flexibility index (Phi) is 7.32. The minimum atomic E-state index is -1.28. The average molecular weight is 568 g/mol. The number of nitrogens with one attached hydrogen (secondary N) is 2. The molecule has 38 heavy (non-hydrogen) atoms. The SMILES string of the molecule is CNC(=O)c1c2c(nn1C1CC(NCc3ccc4nsnc4c3)C1)CN(S(=O)c1cccc(SC)c1)CC2. The van der Waals surface area contributed by atoms with Crippen LogP contribution in [-0.4, -0.2) is 58.8 Å². The molecule has 1 unspecified atom stereocenters. The number of thioether (sulfide) groups is 1. The van der Waals surface area contributed by atoms with Gasteiger partial charge in [0.2, 0.25) is 0 Å². The van der Waals surface area contributed by atoms with Gasteiger partial charge in [-0.2, -0.15) is 13.8 Å². The molecule has 3 heterocycles. The van der Waals surface area contributed by atoms with E-state index >= 15 is 0 Å². The summed E-state index contributed by atoms with van der Waals surface area (Å²) in [4.78, 5) is 14.8. The molecule has 12 heteroatoms. The molecule has 1 aliphatic carbocycles. The van der Waals surface area contributed by atoms with Crippen molar-refractivity contribution in [1.82, 2.24) is 33.5 Å². The van der Waals surface area contributed by atoms with Crippen LogP contribution in [0, 0.1) is 0 Å². The predicted octanol–water partition coefficient (Wildman–Crippen LogP) is 3.54. The van der Waals surface area contributed by atoms with Gasteiger partial charge in [0, 0.05) is 36.6 Å². The van der Waals surface area contributed by atoms with Gasteiger partial charge in [-0.25, -0.2) is 8.51 Å². The maximum absolute atomic E-state index is 13.3. The van der Waals surface area contributed by atoms with Crippen LogP contribution in [0.1, 0.15) is 46.2 Å². The molecule has 1 saturated carbocycles. The van der Waals surface area contributed by atoms with E-state index < -0.39 is 11.0 Å². The van der Waals surface area contributed by atoms with Gasteiger partial charge in [-0.15, -0.1) is 11.8 Å². The summed E-state index contributed by atoms with van der Waals surface area (Å²) >= 11 is 2.87. The van der Waals surface area contributed by atoms with Gasteiger partial charge in [-0.3, -0.25) is 9.48 Å². The van der Waals surface area contributed by atoms with Crippen molar-refractivity contribution in [2.45, 2.75) is 54.2 Å². The van der Waals surface area contributed by atoms with Crippen molar-refractivity contribution in [1.29, 1.82) is 0 Å². The van der Waals surface area contributed by atoms with Crippen LogP contribution in [0.15, 0.2) is 52.3 Å². The van der Waals surface area contributed by atoms with Gasteiger partial charge in [0.25, 0.3) is 5.91 Å². The van der Waals surface area contributed by atoms with Gasteiger partial charge in [0.05, 0.1) is 34.9 Å². The molecule has 1 atom stereocenters. The highest BCUT2D eigenvalue weighted by atomic mass is 32.2. The van der Waals surface area contributed by atoms with Gasteiger partial charge in [-0.1, -0.05) is 12.1 Å². The van der Waals surface area contributed by atoms with E-state index in [0.29, 0.717) is 31.2 Å². The molecule has 4 aromatic rings. The van der Waals surface area contributed by atoms with Crippen molar-refractivity contribution in [3.63, 3.8) is 0 Å². The first kappa shape index (κ1) is 25.6. The quantitative estimate of drug-likeness (QED) is 0.314. The monoisotopic (exact) mass is 567 g/mol. The summed E-state index contributed by atoms with van der Waals surface area (Å²) in [5, 5.41) is 11.3. The summed E-state index contributed by atoms with van der Waals surface area (Å²) in [6.07, 6.45) is 4.47. The van der Waals surface area contributed by atoms with Crippen LogP contribution >= 0.6 is 23.5 Å². The van der Waals surface area contributed by atoms with Crippen LogP contribution in [0.5, 0.6) is 0 Å². The molecular formula is C26H29N7O2S3. The Morgan fingerprint density at radius 1 is 1.18 bits per heavy atom. The molecule has 0 radical (unpaired) electrons. The van der Waals surface area contributed by atoms with Gasteiger partial charge in [-0.05, 0) is 61.4 Å². The Morgan fingerprint density at radius 3 is 2.84 bits per heavy atom. The fourth-order valence-corrected chi connectivity index (χ4v) is 7.43. The van der Waals surface area contributed by atoms with Crippen molar-refractivity contribution in [3.05, 3.63) is 65.0 Å². The van der Waals surface area contributed by atoms with Crippen LogP contribution in [0.25, 0.3) is 11.0 Å². The fourth-order valence-electron chi connectivity index (χ4n) is 5.17. The number of hydrogen-bond acceptors (Lipinski definition) is 8. The molecule has 1 fully saturated rings. The third-order valence-corrected chi connectivity index (χ3v) is 10.0. The van der Waals surface area contributed by atoms with Gasteiger partial charge in [0.1, 0.15) is 27.7 Å². The highest BCUT2D eigenvalue weighted by Crippen LogP contribution is 2.36. The number of carbonyl (C=O) groups excluding carboxylic acids is 1. The van der Waals surface area contributed by atoms with Crippen LogP contribution < -0.4 is 10.6 Å². The number of fused-ring (bicyclic) bond motifs is 2. The van der Waals surface area contributed by atoms with E-state index in [1.54, 1.807) is 18.8 Å². The smallest absolute Gasteiger partial charge is 0.269 e. The van der Waals surface area contributed by atoms with E-state index in [1.165, 1.54) is 17.3 Å². The standard InChI is InChI=1S/C26H29N7O2S3/c1-27-26(34)25-21-8-9-32(38(35)20-5-3-4-19(13-20)36-2)15-24(21)29-33(25)18-11-17(12-18)28-14-16-6-7-22-23(10-16)31-37-30-22/h3-7,10,13,17-18,28H,8-9,11-12,14-15H2,1-2H3,(H,27,34). The van der Waals surface area contributed by atoms with Crippen LogP contribution in [0.4, 0.5) is 0 Å². The molecule has 9 nitrogen and oxygen atoms in total. The second-order valence-corrected chi connectivity index (χ2v) is 12.5.